The van der Waals surface area contributed by atoms with E-state index in [0.29, 0.717) is 6.61 Å². The highest BCUT2D eigenvalue weighted by atomic mass is 16.6. The minimum atomic E-state index is -0.199. The molecule has 0 bridgehead atoms. The molecule has 0 saturated carbocycles. The summed E-state index contributed by atoms with van der Waals surface area (Å²) in [6.07, 6.45) is 1.77. The molecule has 1 heterocycles. The van der Waals surface area contributed by atoms with Gasteiger partial charge in [-0.1, -0.05) is 30.3 Å². The van der Waals surface area contributed by atoms with E-state index in [4.69, 9.17) is 4.74 Å². The van der Waals surface area contributed by atoms with Crippen molar-refractivity contribution in [1.29, 1.82) is 0 Å². The smallest absolute Gasteiger partial charge is 0.410 e. The minimum Gasteiger partial charge on any atom is -0.445 e. The number of benzene rings is 1. The molecule has 0 spiro atoms. The summed E-state index contributed by atoms with van der Waals surface area (Å²) in [5.41, 5.74) is 1.21. The van der Waals surface area contributed by atoms with Crippen LogP contribution in [0, 0.1) is 0 Å². The van der Waals surface area contributed by atoms with Gasteiger partial charge in [-0.3, -0.25) is 0 Å². The summed E-state index contributed by atoms with van der Waals surface area (Å²) < 4.78 is 5.37. The summed E-state index contributed by atoms with van der Waals surface area (Å²) in [5.74, 6) is 0. The standard InChI is InChI=1S/C16H24N2O2/c1-16(17(2)3)9-11-18(12-10-16)15(19)20-13-14-7-5-4-6-8-14/h4-8H,9-13H2,1-3H3. The predicted octanol–water partition coefficient (Wildman–Crippen LogP) is 2.74. The molecule has 0 radical (unpaired) electrons. The zero-order chi connectivity index (χ0) is 14.6. The van der Waals surface area contributed by atoms with Gasteiger partial charge in [0.1, 0.15) is 6.61 Å². The first-order valence-corrected chi connectivity index (χ1v) is 7.14. The van der Waals surface area contributed by atoms with E-state index >= 15 is 0 Å². The van der Waals surface area contributed by atoms with Gasteiger partial charge in [0.2, 0.25) is 0 Å². The van der Waals surface area contributed by atoms with Crippen molar-refractivity contribution >= 4 is 6.09 Å². The zero-order valence-corrected chi connectivity index (χ0v) is 12.6. The second kappa shape index (κ2) is 6.27. The SMILES string of the molecule is CN(C)C1(C)CCN(C(=O)OCc2ccccc2)CC1. The molecule has 4 heteroatoms. The summed E-state index contributed by atoms with van der Waals surface area (Å²) in [5, 5.41) is 0. The molecule has 1 amide bonds. The van der Waals surface area contributed by atoms with Gasteiger partial charge >= 0.3 is 6.09 Å². The number of carbonyl (C=O) groups is 1. The molecule has 0 aromatic heterocycles. The molecule has 1 aromatic carbocycles. The highest BCUT2D eigenvalue weighted by Gasteiger charge is 2.33. The van der Waals surface area contributed by atoms with E-state index in [2.05, 4.69) is 25.9 Å². The summed E-state index contributed by atoms with van der Waals surface area (Å²) in [6, 6.07) is 9.79. The number of ether oxygens (including phenoxy) is 1. The first-order valence-electron chi connectivity index (χ1n) is 7.14. The average Bonchev–Trinajstić information content (AvgIpc) is 2.46. The van der Waals surface area contributed by atoms with Crippen molar-refractivity contribution < 1.29 is 9.53 Å². The average molecular weight is 276 g/mol. The monoisotopic (exact) mass is 276 g/mol. The Morgan fingerprint density at radius 2 is 1.85 bits per heavy atom. The molecule has 0 atom stereocenters. The van der Waals surface area contributed by atoms with Gasteiger partial charge in [-0.25, -0.2) is 4.79 Å². The third-order valence-corrected chi connectivity index (χ3v) is 4.38. The van der Waals surface area contributed by atoms with Crippen molar-refractivity contribution in [2.24, 2.45) is 0 Å². The molecule has 1 fully saturated rings. The molecule has 1 aliphatic heterocycles. The lowest BCUT2D eigenvalue weighted by Gasteiger charge is -2.43. The van der Waals surface area contributed by atoms with Crippen LogP contribution < -0.4 is 0 Å². The first-order chi connectivity index (χ1) is 9.51. The third kappa shape index (κ3) is 3.51. The van der Waals surface area contributed by atoms with Crippen molar-refractivity contribution in [3.63, 3.8) is 0 Å². The largest absolute Gasteiger partial charge is 0.445 e. The van der Waals surface area contributed by atoms with Crippen LogP contribution in [0.3, 0.4) is 0 Å². The lowest BCUT2D eigenvalue weighted by molar-refractivity contribution is 0.0487. The van der Waals surface area contributed by atoms with Gasteiger partial charge < -0.3 is 14.5 Å². The highest BCUT2D eigenvalue weighted by molar-refractivity contribution is 5.67. The molecule has 110 valence electrons. The van der Waals surface area contributed by atoms with Crippen LogP contribution in [0.1, 0.15) is 25.3 Å². The molecule has 2 rings (SSSR count). The highest BCUT2D eigenvalue weighted by Crippen LogP contribution is 2.26. The van der Waals surface area contributed by atoms with Crippen LogP contribution >= 0.6 is 0 Å². The van der Waals surface area contributed by atoms with Crippen LogP contribution in [0.4, 0.5) is 4.79 Å². The fraction of sp³-hybridized carbons (Fsp3) is 0.562. The Morgan fingerprint density at radius 1 is 1.25 bits per heavy atom. The Kier molecular flexibility index (Phi) is 4.65. The van der Waals surface area contributed by atoms with Gasteiger partial charge in [0.05, 0.1) is 0 Å². The number of amides is 1. The Hall–Kier alpha value is -1.55. The molecule has 0 aliphatic carbocycles. The number of hydrogen-bond acceptors (Lipinski definition) is 3. The predicted molar refractivity (Wildman–Crippen MR) is 79.5 cm³/mol. The fourth-order valence-electron chi connectivity index (χ4n) is 2.43. The van der Waals surface area contributed by atoms with Crippen LogP contribution in [0.15, 0.2) is 30.3 Å². The van der Waals surface area contributed by atoms with E-state index < -0.39 is 0 Å². The van der Waals surface area contributed by atoms with Crippen LogP contribution in [0.2, 0.25) is 0 Å². The van der Waals surface area contributed by atoms with Crippen LogP contribution in [-0.4, -0.2) is 48.6 Å². The number of piperidine rings is 1. The quantitative estimate of drug-likeness (QED) is 0.851. The van der Waals surface area contributed by atoms with Crippen LogP contribution in [-0.2, 0) is 11.3 Å². The van der Waals surface area contributed by atoms with Crippen molar-refractivity contribution in [3.8, 4) is 0 Å². The normalized spacial score (nSPS) is 18.1. The summed E-state index contributed by atoms with van der Waals surface area (Å²) >= 11 is 0. The van der Waals surface area contributed by atoms with Crippen LogP contribution in [0.5, 0.6) is 0 Å². The second-order valence-corrected chi connectivity index (χ2v) is 5.92. The minimum absolute atomic E-state index is 0.191. The first kappa shape index (κ1) is 14.9. The van der Waals surface area contributed by atoms with E-state index in [1.165, 1.54) is 0 Å². The maximum absolute atomic E-state index is 12.0. The van der Waals surface area contributed by atoms with E-state index in [1.807, 2.05) is 35.2 Å². The van der Waals surface area contributed by atoms with Crippen LogP contribution in [0.25, 0.3) is 0 Å². The number of nitrogens with zero attached hydrogens (tertiary/aromatic N) is 2. The van der Waals surface area contributed by atoms with Gasteiger partial charge in [0, 0.05) is 18.6 Å². The fourth-order valence-corrected chi connectivity index (χ4v) is 2.43. The lowest BCUT2D eigenvalue weighted by Crippen LogP contribution is -2.52. The Labute approximate surface area is 121 Å². The molecule has 1 aromatic rings. The molecule has 1 saturated heterocycles. The molecule has 0 N–H and O–H groups in total. The molecule has 1 aliphatic rings. The van der Waals surface area contributed by atoms with Crippen molar-refractivity contribution in [3.05, 3.63) is 35.9 Å². The number of hydrogen-bond donors (Lipinski definition) is 0. The van der Waals surface area contributed by atoms with Gasteiger partial charge in [-0.05, 0) is 39.4 Å². The molecular formula is C16H24N2O2. The summed E-state index contributed by atoms with van der Waals surface area (Å²) in [4.78, 5) is 16.1. The molecular weight excluding hydrogens is 252 g/mol. The topological polar surface area (TPSA) is 32.8 Å². The number of rotatable bonds is 3. The summed E-state index contributed by atoms with van der Waals surface area (Å²) in [6.45, 7) is 4.13. The molecule has 4 nitrogen and oxygen atoms in total. The second-order valence-electron chi connectivity index (χ2n) is 5.92. The third-order valence-electron chi connectivity index (χ3n) is 4.38. The van der Waals surface area contributed by atoms with E-state index in [-0.39, 0.29) is 11.6 Å². The van der Waals surface area contributed by atoms with Crippen molar-refractivity contribution in [1.82, 2.24) is 9.80 Å². The maximum Gasteiger partial charge on any atom is 0.410 e. The zero-order valence-electron chi connectivity index (χ0n) is 12.6. The summed E-state index contributed by atoms with van der Waals surface area (Å²) in [7, 11) is 4.20. The lowest BCUT2D eigenvalue weighted by atomic mass is 9.89. The Balaban J connectivity index is 1.80. The number of carbonyl (C=O) groups excluding carboxylic acids is 1. The van der Waals surface area contributed by atoms with E-state index in [9.17, 15) is 4.79 Å². The Bertz CT molecular complexity index is 437. The Morgan fingerprint density at radius 3 is 2.40 bits per heavy atom. The molecule has 0 unspecified atom stereocenters. The van der Waals surface area contributed by atoms with Crippen molar-refractivity contribution in [2.45, 2.75) is 31.9 Å². The molecule has 20 heavy (non-hydrogen) atoms. The van der Waals surface area contributed by atoms with Gasteiger partial charge in [-0.15, -0.1) is 0 Å². The van der Waals surface area contributed by atoms with E-state index in [0.717, 1.165) is 31.5 Å². The number of likely N-dealkylation sites (tertiary alicyclic amines) is 1. The maximum atomic E-state index is 12.0. The van der Waals surface area contributed by atoms with Gasteiger partial charge in [0.25, 0.3) is 0 Å². The van der Waals surface area contributed by atoms with E-state index in [1.54, 1.807) is 0 Å². The van der Waals surface area contributed by atoms with Gasteiger partial charge in [-0.2, -0.15) is 0 Å². The van der Waals surface area contributed by atoms with Gasteiger partial charge in [0.15, 0.2) is 0 Å². The van der Waals surface area contributed by atoms with Crippen molar-refractivity contribution in [2.75, 3.05) is 27.2 Å².